The molecular weight excluding hydrogens is 558 g/mol. The summed E-state index contributed by atoms with van der Waals surface area (Å²) in [6.07, 6.45) is 0. The third-order valence-electron chi connectivity index (χ3n) is 9.04. The highest BCUT2D eigenvalue weighted by atomic mass is 16.3. The molecule has 0 saturated heterocycles. The van der Waals surface area contributed by atoms with Crippen molar-refractivity contribution in [3.8, 4) is 22.3 Å². The average Bonchev–Trinajstić information content (AvgIpc) is 3.49. The molecular formula is C44H29NO. The Kier molecular flexibility index (Phi) is 6.17. The maximum Gasteiger partial charge on any atom is 0.136 e. The molecule has 0 aliphatic carbocycles. The lowest BCUT2D eigenvalue weighted by molar-refractivity contribution is 0.669. The van der Waals surface area contributed by atoms with E-state index in [0.29, 0.717) is 0 Å². The van der Waals surface area contributed by atoms with Crippen molar-refractivity contribution in [1.29, 1.82) is 0 Å². The first-order valence-electron chi connectivity index (χ1n) is 15.7. The lowest BCUT2D eigenvalue weighted by atomic mass is 9.98. The second-order valence-electron chi connectivity index (χ2n) is 11.8. The first-order valence-corrected chi connectivity index (χ1v) is 15.7. The van der Waals surface area contributed by atoms with E-state index in [1.165, 1.54) is 38.4 Å². The van der Waals surface area contributed by atoms with Gasteiger partial charge in [0.15, 0.2) is 0 Å². The number of rotatable bonds is 5. The van der Waals surface area contributed by atoms with E-state index >= 15 is 0 Å². The molecule has 216 valence electrons. The van der Waals surface area contributed by atoms with Crippen LogP contribution in [0.3, 0.4) is 0 Å². The fraction of sp³-hybridized carbons (Fsp3) is 0. The van der Waals surface area contributed by atoms with Crippen LogP contribution >= 0.6 is 0 Å². The van der Waals surface area contributed by atoms with Crippen molar-refractivity contribution < 1.29 is 4.42 Å². The first-order chi connectivity index (χ1) is 22.8. The molecule has 46 heavy (non-hydrogen) atoms. The molecule has 0 atom stereocenters. The van der Waals surface area contributed by atoms with Crippen LogP contribution in [0.2, 0.25) is 0 Å². The van der Waals surface area contributed by atoms with E-state index in [1.807, 2.05) is 12.1 Å². The summed E-state index contributed by atoms with van der Waals surface area (Å²) in [6, 6.07) is 62.8. The molecule has 9 rings (SSSR count). The van der Waals surface area contributed by atoms with Gasteiger partial charge < -0.3 is 9.32 Å². The molecule has 0 aliphatic heterocycles. The van der Waals surface area contributed by atoms with Gasteiger partial charge in [-0.05, 0) is 98.4 Å². The van der Waals surface area contributed by atoms with Crippen molar-refractivity contribution >= 4 is 60.5 Å². The molecule has 8 aromatic carbocycles. The first kappa shape index (κ1) is 26.3. The van der Waals surface area contributed by atoms with Crippen LogP contribution in [0.4, 0.5) is 17.1 Å². The molecule has 0 fully saturated rings. The van der Waals surface area contributed by atoms with Gasteiger partial charge in [-0.2, -0.15) is 0 Å². The molecule has 0 unspecified atom stereocenters. The van der Waals surface area contributed by atoms with Gasteiger partial charge in [-0.25, -0.2) is 0 Å². The van der Waals surface area contributed by atoms with Crippen molar-refractivity contribution in [2.24, 2.45) is 0 Å². The van der Waals surface area contributed by atoms with Crippen LogP contribution in [-0.2, 0) is 0 Å². The van der Waals surface area contributed by atoms with E-state index in [-0.39, 0.29) is 0 Å². The Morgan fingerprint density at radius 2 is 0.957 bits per heavy atom. The Bertz CT molecular complexity index is 2500. The van der Waals surface area contributed by atoms with Crippen LogP contribution in [0.5, 0.6) is 0 Å². The molecule has 2 heteroatoms. The molecule has 0 amide bonds. The van der Waals surface area contributed by atoms with Gasteiger partial charge in [0, 0.05) is 27.8 Å². The average molecular weight is 588 g/mol. The molecule has 0 radical (unpaired) electrons. The zero-order valence-electron chi connectivity index (χ0n) is 25.1. The summed E-state index contributed by atoms with van der Waals surface area (Å²) in [4.78, 5) is 2.34. The van der Waals surface area contributed by atoms with Crippen molar-refractivity contribution in [2.45, 2.75) is 0 Å². The van der Waals surface area contributed by atoms with Gasteiger partial charge in [-0.15, -0.1) is 0 Å². The summed E-state index contributed by atoms with van der Waals surface area (Å²) in [7, 11) is 0. The molecule has 0 N–H and O–H groups in total. The SMILES string of the molecule is c1ccc(-c2ccc(N(c3ccc(-c4cccc5ccccc45)cc3)c3ccc4cc5c(cc4c3)oc3ccccc35)cc2)cc1. The van der Waals surface area contributed by atoms with Gasteiger partial charge in [-0.3, -0.25) is 0 Å². The Hall–Kier alpha value is -6.12. The fourth-order valence-corrected chi connectivity index (χ4v) is 6.74. The maximum absolute atomic E-state index is 6.26. The summed E-state index contributed by atoms with van der Waals surface area (Å²) in [6.45, 7) is 0. The summed E-state index contributed by atoms with van der Waals surface area (Å²) >= 11 is 0. The van der Waals surface area contributed by atoms with Crippen LogP contribution in [0.15, 0.2) is 180 Å². The van der Waals surface area contributed by atoms with E-state index in [0.717, 1.165) is 44.4 Å². The number of benzene rings is 8. The predicted molar refractivity (Wildman–Crippen MR) is 194 cm³/mol. The molecule has 1 heterocycles. The normalized spacial score (nSPS) is 11.5. The van der Waals surface area contributed by atoms with Gasteiger partial charge in [0.05, 0.1) is 0 Å². The number of para-hydroxylation sites is 1. The monoisotopic (exact) mass is 587 g/mol. The van der Waals surface area contributed by atoms with Gasteiger partial charge in [-0.1, -0.05) is 121 Å². The summed E-state index contributed by atoms with van der Waals surface area (Å²) in [5.41, 5.74) is 9.95. The second kappa shape index (κ2) is 10.8. The minimum atomic E-state index is 0.907. The number of anilines is 3. The molecule has 0 aliphatic rings. The third kappa shape index (κ3) is 4.51. The zero-order chi connectivity index (χ0) is 30.5. The summed E-state index contributed by atoms with van der Waals surface area (Å²) in [5.74, 6) is 0. The third-order valence-corrected chi connectivity index (χ3v) is 9.04. The Balaban J connectivity index is 1.17. The lowest BCUT2D eigenvalue weighted by Gasteiger charge is -2.26. The highest BCUT2D eigenvalue weighted by Gasteiger charge is 2.16. The van der Waals surface area contributed by atoms with E-state index < -0.39 is 0 Å². The summed E-state index contributed by atoms with van der Waals surface area (Å²) in [5, 5.41) is 7.13. The van der Waals surface area contributed by atoms with Crippen molar-refractivity contribution in [1.82, 2.24) is 0 Å². The van der Waals surface area contributed by atoms with Crippen molar-refractivity contribution in [3.63, 3.8) is 0 Å². The topological polar surface area (TPSA) is 16.4 Å². The standard InChI is InChI=1S/C44H29NO/c1-2-9-30(10-3-1)31-17-22-36(23-18-31)45(37-24-19-33(20-25-37)40-15-8-12-32-11-4-5-13-39(32)40)38-26-21-34-28-42-41-14-6-7-16-43(41)46-44(42)29-35(34)27-38/h1-29H. The van der Waals surface area contributed by atoms with Crippen molar-refractivity contribution in [3.05, 3.63) is 176 Å². The van der Waals surface area contributed by atoms with Gasteiger partial charge >= 0.3 is 0 Å². The Morgan fingerprint density at radius 1 is 0.326 bits per heavy atom. The van der Waals surface area contributed by atoms with E-state index in [1.54, 1.807) is 0 Å². The van der Waals surface area contributed by atoms with Crippen LogP contribution in [-0.4, -0.2) is 0 Å². The number of hydrogen-bond donors (Lipinski definition) is 0. The van der Waals surface area contributed by atoms with Crippen molar-refractivity contribution in [2.75, 3.05) is 4.90 Å². The highest BCUT2D eigenvalue weighted by Crippen LogP contribution is 2.40. The smallest absolute Gasteiger partial charge is 0.136 e. The Morgan fingerprint density at radius 3 is 1.76 bits per heavy atom. The van der Waals surface area contributed by atoms with E-state index in [2.05, 4.69) is 169 Å². The van der Waals surface area contributed by atoms with Crippen LogP contribution < -0.4 is 4.90 Å². The molecule has 9 aromatic rings. The Labute approximate surface area is 267 Å². The molecule has 0 bridgehead atoms. The maximum atomic E-state index is 6.26. The van der Waals surface area contributed by atoms with E-state index in [4.69, 9.17) is 4.42 Å². The number of hydrogen-bond acceptors (Lipinski definition) is 2. The molecule has 0 spiro atoms. The lowest BCUT2D eigenvalue weighted by Crippen LogP contribution is -2.09. The molecule has 0 saturated carbocycles. The van der Waals surface area contributed by atoms with E-state index in [9.17, 15) is 0 Å². The van der Waals surface area contributed by atoms with Gasteiger partial charge in [0.2, 0.25) is 0 Å². The minimum absolute atomic E-state index is 0.907. The van der Waals surface area contributed by atoms with Crippen LogP contribution in [0.1, 0.15) is 0 Å². The quantitative estimate of drug-likeness (QED) is 0.199. The number of fused-ring (bicyclic) bond motifs is 5. The van der Waals surface area contributed by atoms with Crippen LogP contribution in [0, 0.1) is 0 Å². The highest BCUT2D eigenvalue weighted by molar-refractivity contribution is 6.10. The summed E-state index contributed by atoms with van der Waals surface area (Å²) < 4.78 is 6.26. The zero-order valence-corrected chi connectivity index (χ0v) is 25.1. The van der Waals surface area contributed by atoms with Crippen LogP contribution in [0.25, 0.3) is 65.7 Å². The fourth-order valence-electron chi connectivity index (χ4n) is 6.74. The minimum Gasteiger partial charge on any atom is -0.456 e. The number of furan rings is 1. The predicted octanol–water partition coefficient (Wildman–Crippen LogP) is 12.7. The largest absolute Gasteiger partial charge is 0.456 e. The van der Waals surface area contributed by atoms with Gasteiger partial charge in [0.25, 0.3) is 0 Å². The number of nitrogens with zero attached hydrogens (tertiary/aromatic N) is 1. The molecule has 2 nitrogen and oxygen atoms in total. The molecule has 1 aromatic heterocycles. The second-order valence-corrected chi connectivity index (χ2v) is 11.8. The van der Waals surface area contributed by atoms with Gasteiger partial charge in [0.1, 0.15) is 11.2 Å².